The molecule has 94 valence electrons. The summed E-state index contributed by atoms with van der Waals surface area (Å²) < 4.78 is 0. The minimum absolute atomic E-state index is 0.352. The molecule has 16 heavy (non-hydrogen) atoms. The van der Waals surface area contributed by atoms with Crippen LogP contribution in [0.15, 0.2) is 0 Å². The molecule has 3 nitrogen and oxygen atoms in total. The maximum absolute atomic E-state index is 10.8. The molecular weight excluding hydrogens is 200 g/mol. The molecule has 0 atom stereocenters. The van der Waals surface area contributed by atoms with E-state index in [4.69, 9.17) is 5.73 Å². The monoisotopic (exact) mass is 226 g/mol. The normalized spacial score (nSPS) is 32.2. The molecule has 0 radical (unpaired) electrons. The van der Waals surface area contributed by atoms with Crippen LogP contribution in [0.3, 0.4) is 0 Å². The van der Waals surface area contributed by atoms with Crippen molar-refractivity contribution < 1.29 is 5.11 Å². The minimum Gasteiger partial charge on any atom is -0.388 e. The molecule has 0 unspecified atom stereocenters. The van der Waals surface area contributed by atoms with Crippen LogP contribution in [0.4, 0.5) is 0 Å². The van der Waals surface area contributed by atoms with Gasteiger partial charge in [-0.2, -0.15) is 0 Å². The van der Waals surface area contributed by atoms with Gasteiger partial charge in [0.1, 0.15) is 0 Å². The van der Waals surface area contributed by atoms with Gasteiger partial charge in [-0.25, -0.2) is 0 Å². The predicted molar refractivity (Wildman–Crippen MR) is 66.2 cm³/mol. The summed E-state index contributed by atoms with van der Waals surface area (Å²) in [6.07, 6.45) is 5.74. The lowest BCUT2D eigenvalue weighted by Gasteiger charge is -2.52. The van der Waals surface area contributed by atoms with E-state index >= 15 is 0 Å². The van der Waals surface area contributed by atoms with Crippen molar-refractivity contribution in [3.05, 3.63) is 0 Å². The van der Waals surface area contributed by atoms with Crippen LogP contribution in [-0.4, -0.2) is 29.3 Å². The SMILES string of the molecule is CC1(C)CCC(O)(C2(N)CCNCC2)CC1. The Bertz CT molecular complexity index is 247. The van der Waals surface area contributed by atoms with Gasteiger partial charge in [0.15, 0.2) is 0 Å². The maximum atomic E-state index is 10.8. The number of nitrogens with one attached hydrogen (secondary N) is 1. The number of aliphatic hydroxyl groups is 1. The summed E-state index contributed by atoms with van der Waals surface area (Å²) in [5.41, 5.74) is 5.88. The minimum atomic E-state index is -0.620. The van der Waals surface area contributed by atoms with Crippen LogP contribution >= 0.6 is 0 Å². The summed E-state index contributed by atoms with van der Waals surface area (Å²) >= 11 is 0. The highest BCUT2D eigenvalue weighted by Gasteiger charge is 2.50. The van der Waals surface area contributed by atoms with Crippen LogP contribution in [0.1, 0.15) is 52.4 Å². The van der Waals surface area contributed by atoms with Gasteiger partial charge in [0.25, 0.3) is 0 Å². The Labute approximate surface area is 98.8 Å². The highest BCUT2D eigenvalue weighted by Crippen LogP contribution is 2.46. The largest absolute Gasteiger partial charge is 0.388 e. The summed E-state index contributed by atoms with van der Waals surface area (Å²) in [6, 6.07) is 0. The Kier molecular flexibility index (Phi) is 3.06. The first-order valence-corrected chi connectivity index (χ1v) is 6.59. The van der Waals surface area contributed by atoms with E-state index in [0.29, 0.717) is 5.41 Å². The molecule has 1 saturated heterocycles. The first-order chi connectivity index (χ1) is 7.37. The molecule has 0 aromatic heterocycles. The average molecular weight is 226 g/mol. The van der Waals surface area contributed by atoms with Crippen molar-refractivity contribution in [2.75, 3.05) is 13.1 Å². The van der Waals surface area contributed by atoms with Gasteiger partial charge in [-0.3, -0.25) is 0 Å². The molecule has 2 aliphatic rings. The van der Waals surface area contributed by atoms with Crippen LogP contribution in [-0.2, 0) is 0 Å². The second-order valence-electron chi connectivity index (χ2n) is 6.60. The van der Waals surface area contributed by atoms with Crippen molar-refractivity contribution in [1.82, 2.24) is 5.32 Å². The number of rotatable bonds is 1. The molecule has 1 heterocycles. The highest BCUT2D eigenvalue weighted by molar-refractivity contribution is 5.08. The fourth-order valence-electron chi connectivity index (χ4n) is 3.18. The zero-order chi connectivity index (χ0) is 11.9. The van der Waals surface area contributed by atoms with Crippen LogP contribution in [0.5, 0.6) is 0 Å². The molecule has 0 bridgehead atoms. The third-order valence-corrected chi connectivity index (χ3v) is 4.85. The Balaban J connectivity index is 2.07. The number of piperidine rings is 1. The van der Waals surface area contributed by atoms with E-state index in [-0.39, 0.29) is 5.54 Å². The standard InChI is InChI=1S/C13H26N2O/c1-11(2)3-5-13(16,6-4-11)12(14)7-9-15-10-8-12/h15-16H,3-10,14H2,1-2H3. The topological polar surface area (TPSA) is 58.3 Å². The Morgan fingerprint density at radius 3 is 1.94 bits per heavy atom. The van der Waals surface area contributed by atoms with E-state index in [1.807, 2.05) is 0 Å². The van der Waals surface area contributed by atoms with E-state index in [1.165, 1.54) is 0 Å². The number of hydrogen-bond donors (Lipinski definition) is 3. The molecule has 3 heteroatoms. The van der Waals surface area contributed by atoms with E-state index in [1.54, 1.807) is 0 Å². The third kappa shape index (κ3) is 2.13. The van der Waals surface area contributed by atoms with E-state index in [2.05, 4.69) is 19.2 Å². The van der Waals surface area contributed by atoms with Gasteiger partial charge in [-0.1, -0.05) is 13.8 Å². The Hall–Kier alpha value is -0.120. The smallest absolute Gasteiger partial charge is 0.0827 e. The van der Waals surface area contributed by atoms with Crippen molar-refractivity contribution >= 4 is 0 Å². The van der Waals surface area contributed by atoms with Gasteiger partial charge in [-0.15, -0.1) is 0 Å². The summed E-state index contributed by atoms with van der Waals surface area (Å²) in [4.78, 5) is 0. The Morgan fingerprint density at radius 1 is 0.938 bits per heavy atom. The van der Waals surface area contributed by atoms with Crippen LogP contribution in [0, 0.1) is 5.41 Å². The lowest BCUT2D eigenvalue weighted by Crippen LogP contribution is -2.65. The molecule has 1 aliphatic carbocycles. The molecule has 0 spiro atoms. The van der Waals surface area contributed by atoms with Gasteiger partial charge < -0.3 is 16.2 Å². The quantitative estimate of drug-likeness (QED) is 0.633. The maximum Gasteiger partial charge on any atom is 0.0827 e. The van der Waals surface area contributed by atoms with Gasteiger partial charge >= 0.3 is 0 Å². The van der Waals surface area contributed by atoms with Crippen molar-refractivity contribution in [2.24, 2.45) is 11.1 Å². The number of hydrogen-bond acceptors (Lipinski definition) is 3. The lowest BCUT2D eigenvalue weighted by atomic mass is 9.62. The molecular formula is C13H26N2O. The molecule has 1 aliphatic heterocycles. The number of nitrogens with two attached hydrogens (primary N) is 1. The zero-order valence-electron chi connectivity index (χ0n) is 10.7. The molecule has 1 saturated carbocycles. The summed E-state index contributed by atoms with van der Waals surface area (Å²) in [7, 11) is 0. The first-order valence-electron chi connectivity index (χ1n) is 6.59. The molecule has 0 amide bonds. The predicted octanol–water partition coefficient (Wildman–Crippen LogP) is 1.40. The second kappa shape index (κ2) is 3.97. The van der Waals surface area contributed by atoms with Crippen molar-refractivity contribution in [3.63, 3.8) is 0 Å². The van der Waals surface area contributed by atoms with Crippen LogP contribution < -0.4 is 11.1 Å². The fourth-order valence-corrected chi connectivity index (χ4v) is 3.18. The summed E-state index contributed by atoms with van der Waals surface area (Å²) in [6.45, 7) is 6.47. The summed E-state index contributed by atoms with van der Waals surface area (Å²) in [5, 5.41) is 14.2. The van der Waals surface area contributed by atoms with Crippen molar-refractivity contribution in [1.29, 1.82) is 0 Å². The summed E-state index contributed by atoms with van der Waals surface area (Å²) in [5.74, 6) is 0. The van der Waals surface area contributed by atoms with Gasteiger partial charge in [0.05, 0.1) is 5.60 Å². The van der Waals surface area contributed by atoms with Crippen LogP contribution in [0.2, 0.25) is 0 Å². The van der Waals surface area contributed by atoms with Crippen LogP contribution in [0.25, 0.3) is 0 Å². The fraction of sp³-hybridized carbons (Fsp3) is 1.00. The van der Waals surface area contributed by atoms with E-state index < -0.39 is 5.60 Å². The van der Waals surface area contributed by atoms with E-state index in [0.717, 1.165) is 51.6 Å². The zero-order valence-corrected chi connectivity index (χ0v) is 10.7. The average Bonchev–Trinajstić information content (AvgIpc) is 2.24. The molecule has 0 aromatic rings. The van der Waals surface area contributed by atoms with Crippen molar-refractivity contribution in [2.45, 2.75) is 63.5 Å². The van der Waals surface area contributed by atoms with Crippen molar-refractivity contribution in [3.8, 4) is 0 Å². The van der Waals surface area contributed by atoms with Gasteiger partial charge in [-0.05, 0) is 57.0 Å². The first kappa shape index (κ1) is 12.3. The lowest BCUT2D eigenvalue weighted by molar-refractivity contribution is -0.0938. The molecule has 4 N–H and O–H groups in total. The molecule has 0 aromatic carbocycles. The van der Waals surface area contributed by atoms with Gasteiger partial charge in [0.2, 0.25) is 0 Å². The van der Waals surface area contributed by atoms with E-state index in [9.17, 15) is 5.11 Å². The van der Waals surface area contributed by atoms with Gasteiger partial charge in [0, 0.05) is 5.54 Å². The third-order valence-electron chi connectivity index (χ3n) is 4.85. The Morgan fingerprint density at radius 2 is 1.44 bits per heavy atom. The molecule has 2 fully saturated rings. The highest BCUT2D eigenvalue weighted by atomic mass is 16.3. The molecule has 2 rings (SSSR count). The second-order valence-corrected chi connectivity index (χ2v) is 6.60.